The summed E-state index contributed by atoms with van der Waals surface area (Å²) in [6, 6.07) is 19.4. The zero-order chi connectivity index (χ0) is 19.1. The fourth-order valence-corrected chi connectivity index (χ4v) is 3.23. The lowest BCUT2D eigenvalue weighted by atomic mass is 10.1. The van der Waals surface area contributed by atoms with Crippen LogP contribution in [0.5, 0.6) is 0 Å². The molecule has 1 amide bonds. The van der Waals surface area contributed by atoms with Crippen molar-refractivity contribution in [2.45, 2.75) is 18.1 Å². The van der Waals surface area contributed by atoms with Gasteiger partial charge in [0.2, 0.25) is 5.91 Å². The first-order valence-electron chi connectivity index (χ1n) is 8.29. The average Bonchev–Trinajstić information content (AvgIpc) is 2.68. The van der Waals surface area contributed by atoms with Crippen LogP contribution in [0.3, 0.4) is 0 Å². The first-order valence-corrected chi connectivity index (χ1v) is 9.28. The highest BCUT2D eigenvalue weighted by atomic mass is 32.2. The number of thioether (sulfide) groups is 1. The van der Waals surface area contributed by atoms with Crippen molar-refractivity contribution in [1.29, 1.82) is 0 Å². The van der Waals surface area contributed by atoms with Crippen LogP contribution in [-0.4, -0.2) is 31.7 Å². The smallest absolute Gasteiger partial charge is 0.333 e. The second kappa shape index (κ2) is 9.00. The number of hydrogen-bond donors (Lipinski definition) is 2. The van der Waals surface area contributed by atoms with Gasteiger partial charge in [-0.2, -0.15) is 5.10 Å². The summed E-state index contributed by atoms with van der Waals surface area (Å²) in [5.74, 6) is -0.0815. The van der Waals surface area contributed by atoms with Crippen LogP contribution in [0.4, 0.5) is 0 Å². The molecule has 2 aromatic carbocycles. The molecule has 0 radical (unpaired) electrons. The van der Waals surface area contributed by atoms with Crippen molar-refractivity contribution < 1.29 is 4.79 Å². The van der Waals surface area contributed by atoms with E-state index in [1.54, 1.807) is 4.90 Å². The minimum Gasteiger partial charge on any atom is -0.333 e. The second-order valence-electron chi connectivity index (χ2n) is 5.82. The normalized spacial score (nSPS) is 10.5. The molecule has 7 nitrogen and oxygen atoms in total. The number of aromatic amines is 2. The molecule has 3 rings (SSSR count). The molecule has 0 saturated carbocycles. The van der Waals surface area contributed by atoms with Crippen molar-refractivity contribution >= 4 is 17.7 Å². The molecule has 3 aromatic rings. The van der Waals surface area contributed by atoms with Gasteiger partial charge in [0.15, 0.2) is 5.03 Å². The van der Waals surface area contributed by atoms with E-state index in [-0.39, 0.29) is 16.7 Å². The Kier molecular flexibility index (Phi) is 6.22. The lowest BCUT2D eigenvalue weighted by molar-refractivity contribution is -0.129. The van der Waals surface area contributed by atoms with E-state index in [1.165, 1.54) is 0 Å². The molecule has 8 heteroatoms. The number of amides is 1. The average molecular weight is 382 g/mol. The van der Waals surface area contributed by atoms with Crippen molar-refractivity contribution in [3.63, 3.8) is 0 Å². The first kappa shape index (κ1) is 18.7. The van der Waals surface area contributed by atoms with Gasteiger partial charge in [0.25, 0.3) is 5.56 Å². The minimum atomic E-state index is -0.676. The third-order valence-corrected chi connectivity index (χ3v) is 4.74. The fourth-order valence-electron chi connectivity index (χ4n) is 2.50. The van der Waals surface area contributed by atoms with Gasteiger partial charge in [-0.25, -0.2) is 9.89 Å². The Morgan fingerprint density at radius 3 is 2.00 bits per heavy atom. The fraction of sp³-hybridized carbons (Fsp3) is 0.158. The third kappa shape index (κ3) is 5.42. The molecule has 0 fully saturated rings. The molecule has 1 aromatic heterocycles. The van der Waals surface area contributed by atoms with Crippen LogP contribution in [0.25, 0.3) is 0 Å². The number of nitrogens with zero attached hydrogens (tertiary/aromatic N) is 2. The van der Waals surface area contributed by atoms with Gasteiger partial charge in [0.05, 0.1) is 5.75 Å². The highest BCUT2D eigenvalue weighted by Gasteiger charge is 2.16. The number of carbonyl (C=O) groups is 1. The summed E-state index contributed by atoms with van der Waals surface area (Å²) in [4.78, 5) is 39.4. The van der Waals surface area contributed by atoms with Crippen LogP contribution in [0.2, 0.25) is 0 Å². The van der Waals surface area contributed by atoms with Gasteiger partial charge in [0, 0.05) is 13.1 Å². The number of carbonyl (C=O) groups excluding carboxylic acids is 1. The topological polar surface area (TPSA) is 98.9 Å². The largest absolute Gasteiger partial charge is 0.342 e. The van der Waals surface area contributed by atoms with Gasteiger partial charge in [-0.05, 0) is 11.1 Å². The summed E-state index contributed by atoms with van der Waals surface area (Å²) < 4.78 is 0. The Labute approximate surface area is 159 Å². The number of benzene rings is 2. The molecule has 2 N–H and O–H groups in total. The van der Waals surface area contributed by atoms with Crippen LogP contribution in [-0.2, 0) is 17.9 Å². The van der Waals surface area contributed by atoms with Crippen molar-refractivity contribution in [2.75, 3.05) is 5.75 Å². The van der Waals surface area contributed by atoms with Crippen molar-refractivity contribution in [2.24, 2.45) is 0 Å². The van der Waals surface area contributed by atoms with Gasteiger partial charge in [-0.15, -0.1) is 0 Å². The summed E-state index contributed by atoms with van der Waals surface area (Å²) >= 11 is 0.997. The molecule has 0 atom stereocenters. The van der Waals surface area contributed by atoms with E-state index in [4.69, 9.17) is 0 Å². The van der Waals surface area contributed by atoms with Crippen LogP contribution in [0.15, 0.2) is 75.3 Å². The quantitative estimate of drug-likeness (QED) is 0.607. The Morgan fingerprint density at radius 1 is 0.926 bits per heavy atom. The highest BCUT2D eigenvalue weighted by molar-refractivity contribution is 7.99. The Hall–Kier alpha value is -3.13. The van der Waals surface area contributed by atoms with E-state index in [1.807, 2.05) is 60.7 Å². The van der Waals surface area contributed by atoms with Crippen LogP contribution >= 0.6 is 11.8 Å². The van der Waals surface area contributed by atoms with E-state index in [9.17, 15) is 14.4 Å². The molecule has 0 bridgehead atoms. The van der Waals surface area contributed by atoms with Crippen LogP contribution in [0, 0.1) is 0 Å². The van der Waals surface area contributed by atoms with E-state index in [0.29, 0.717) is 13.1 Å². The number of hydrogen-bond acceptors (Lipinski definition) is 5. The zero-order valence-corrected chi connectivity index (χ0v) is 15.2. The van der Waals surface area contributed by atoms with Crippen molar-refractivity contribution in [3.05, 3.63) is 92.6 Å². The summed E-state index contributed by atoms with van der Waals surface area (Å²) in [5.41, 5.74) is 0.762. The maximum Gasteiger partial charge on any atom is 0.342 e. The molecule has 138 valence electrons. The number of aromatic nitrogens is 3. The molecule has 0 aliphatic rings. The van der Waals surface area contributed by atoms with Gasteiger partial charge < -0.3 is 4.90 Å². The molecular formula is C19H18N4O3S. The first-order chi connectivity index (χ1) is 13.1. The van der Waals surface area contributed by atoms with Gasteiger partial charge in [-0.3, -0.25) is 14.6 Å². The van der Waals surface area contributed by atoms with E-state index in [0.717, 1.165) is 22.9 Å². The predicted octanol–water partition coefficient (Wildman–Crippen LogP) is 1.78. The lowest BCUT2D eigenvalue weighted by Gasteiger charge is -2.23. The lowest BCUT2D eigenvalue weighted by Crippen LogP contribution is -2.32. The summed E-state index contributed by atoms with van der Waals surface area (Å²) in [5, 5.41) is 5.91. The maximum atomic E-state index is 12.8. The van der Waals surface area contributed by atoms with Gasteiger partial charge >= 0.3 is 5.69 Å². The van der Waals surface area contributed by atoms with E-state index < -0.39 is 11.2 Å². The monoisotopic (exact) mass is 382 g/mol. The molecule has 0 spiro atoms. The molecule has 27 heavy (non-hydrogen) atoms. The maximum absolute atomic E-state index is 12.8. The second-order valence-corrected chi connectivity index (χ2v) is 6.79. The SMILES string of the molecule is O=C(CSc1n[nH]c(=O)[nH]c1=O)N(Cc1ccccc1)Cc1ccccc1. The minimum absolute atomic E-state index is 0.0434. The molecule has 0 saturated heterocycles. The molecular weight excluding hydrogens is 364 g/mol. The number of nitrogens with one attached hydrogen (secondary N) is 2. The summed E-state index contributed by atoms with van der Waals surface area (Å²) in [6.07, 6.45) is 0. The molecule has 0 aliphatic heterocycles. The Balaban J connectivity index is 1.73. The summed E-state index contributed by atoms with van der Waals surface area (Å²) in [6.45, 7) is 0.926. The Morgan fingerprint density at radius 2 is 1.48 bits per heavy atom. The van der Waals surface area contributed by atoms with E-state index >= 15 is 0 Å². The van der Waals surface area contributed by atoms with Gasteiger partial charge in [-0.1, -0.05) is 72.4 Å². The predicted molar refractivity (Wildman–Crippen MR) is 103 cm³/mol. The zero-order valence-electron chi connectivity index (χ0n) is 14.4. The standard InChI is InChI=1S/C19H18N4O3S/c24-16(13-27-18-17(25)20-19(26)22-21-18)23(11-14-7-3-1-4-8-14)12-15-9-5-2-6-10-15/h1-10H,11-13H2,(H2,20,22,25,26). The third-order valence-electron chi connectivity index (χ3n) is 3.80. The van der Waals surface area contributed by atoms with E-state index in [2.05, 4.69) is 15.2 Å². The molecule has 0 unspecified atom stereocenters. The van der Waals surface area contributed by atoms with Crippen molar-refractivity contribution in [3.8, 4) is 0 Å². The van der Waals surface area contributed by atoms with Crippen molar-refractivity contribution in [1.82, 2.24) is 20.1 Å². The Bertz CT molecular complexity index is 961. The highest BCUT2D eigenvalue weighted by Crippen LogP contribution is 2.15. The molecule has 1 heterocycles. The van der Waals surface area contributed by atoms with Gasteiger partial charge in [0.1, 0.15) is 0 Å². The molecule has 0 aliphatic carbocycles. The number of H-pyrrole nitrogens is 2. The van der Waals surface area contributed by atoms with Crippen LogP contribution < -0.4 is 11.2 Å². The van der Waals surface area contributed by atoms with Crippen LogP contribution in [0.1, 0.15) is 11.1 Å². The number of rotatable bonds is 7. The summed E-state index contributed by atoms with van der Waals surface area (Å²) in [7, 11) is 0.